The number of piperidine rings is 1. The first-order valence-corrected chi connectivity index (χ1v) is 11.6. The maximum absolute atomic E-state index is 13.9. The molecule has 0 aromatic heterocycles. The van der Waals surface area contributed by atoms with Crippen LogP contribution in [0.15, 0.2) is 29.3 Å². The van der Waals surface area contributed by atoms with Crippen molar-refractivity contribution in [2.24, 2.45) is 4.99 Å². The molecule has 0 radical (unpaired) electrons. The highest BCUT2D eigenvalue weighted by Crippen LogP contribution is 2.23. The molecule has 186 valence electrons. The Morgan fingerprint density at radius 3 is 2.61 bits per heavy atom. The number of nitrogens with one attached hydrogen (secondary N) is 2. The van der Waals surface area contributed by atoms with Gasteiger partial charge in [0.15, 0.2) is 5.96 Å². The number of guanidine groups is 1. The second-order valence-electron chi connectivity index (χ2n) is 8.04. The lowest BCUT2D eigenvalue weighted by molar-refractivity contribution is 0.0179. The number of morpholine rings is 1. The summed E-state index contributed by atoms with van der Waals surface area (Å²) >= 11 is 0. The van der Waals surface area contributed by atoms with Crippen molar-refractivity contribution >= 4 is 36.0 Å². The van der Waals surface area contributed by atoms with Crippen LogP contribution < -0.4 is 10.6 Å². The Morgan fingerprint density at radius 1 is 1.24 bits per heavy atom. The Bertz CT molecular complexity index is 755. The van der Waals surface area contributed by atoms with Crippen molar-refractivity contribution < 1.29 is 18.7 Å². The van der Waals surface area contributed by atoms with Gasteiger partial charge in [0.25, 0.3) is 0 Å². The molecule has 8 nitrogen and oxygen atoms in total. The minimum absolute atomic E-state index is 0. The Balaban J connectivity index is 0.00000385. The van der Waals surface area contributed by atoms with Crippen molar-refractivity contribution in [3.63, 3.8) is 0 Å². The van der Waals surface area contributed by atoms with Gasteiger partial charge in [-0.2, -0.15) is 0 Å². The molecule has 1 unspecified atom stereocenters. The van der Waals surface area contributed by atoms with Gasteiger partial charge in [0.2, 0.25) is 0 Å². The van der Waals surface area contributed by atoms with E-state index in [1.54, 1.807) is 17.0 Å². The summed E-state index contributed by atoms with van der Waals surface area (Å²) in [5.74, 6) is 0.514. The summed E-state index contributed by atoms with van der Waals surface area (Å²) in [6.45, 7) is 9.77. The van der Waals surface area contributed by atoms with Gasteiger partial charge < -0.3 is 25.0 Å². The topological polar surface area (TPSA) is 78.4 Å². The fourth-order valence-electron chi connectivity index (χ4n) is 4.15. The van der Waals surface area contributed by atoms with E-state index in [-0.39, 0.29) is 48.0 Å². The van der Waals surface area contributed by atoms with Crippen LogP contribution in [0, 0.1) is 5.82 Å². The minimum atomic E-state index is -0.241. The number of carbonyl (C=O) groups is 1. The van der Waals surface area contributed by atoms with Crippen LogP contribution in [0.3, 0.4) is 0 Å². The number of likely N-dealkylation sites (tertiary alicyclic amines) is 1. The van der Waals surface area contributed by atoms with E-state index in [2.05, 4.69) is 15.5 Å². The summed E-state index contributed by atoms with van der Waals surface area (Å²) in [6, 6.07) is 7.00. The molecule has 2 heterocycles. The third kappa shape index (κ3) is 8.56. The van der Waals surface area contributed by atoms with Crippen molar-refractivity contribution in [2.75, 3.05) is 59.1 Å². The third-order valence-corrected chi connectivity index (χ3v) is 5.85. The Kier molecular flexibility index (Phi) is 12.2. The summed E-state index contributed by atoms with van der Waals surface area (Å²) in [6.07, 6.45) is 1.43. The minimum Gasteiger partial charge on any atom is -0.450 e. The first kappa shape index (κ1) is 27.6. The van der Waals surface area contributed by atoms with E-state index in [1.807, 2.05) is 19.9 Å². The van der Waals surface area contributed by atoms with Gasteiger partial charge in [-0.05, 0) is 44.4 Å². The maximum Gasteiger partial charge on any atom is 0.409 e. The molecular formula is C23H37FIN5O3. The molecule has 1 atom stereocenters. The molecule has 0 spiro atoms. The summed E-state index contributed by atoms with van der Waals surface area (Å²) in [5, 5.41) is 6.83. The van der Waals surface area contributed by atoms with Crippen molar-refractivity contribution in [3.8, 4) is 0 Å². The number of benzene rings is 1. The number of nitrogens with zero attached hydrogens (tertiary/aromatic N) is 3. The highest BCUT2D eigenvalue weighted by molar-refractivity contribution is 14.0. The highest BCUT2D eigenvalue weighted by Gasteiger charge is 2.25. The predicted octanol–water partition coefficient (Wildman–Crippen LogP) is 2.99. The van der Waals surface area contributed by atoms with E-state index in [1.165, 1.54) is 6.07 Å². The number of ether oxygens (including phenoxy) is 2. The highest BCUT2D eigenvalue weighted by atomic mass is 127. The number of aliphatic imine (C=N–C) groups is 1. The van der Waals surface area contributed by atoms with Crippen molar-refractivity contribution in [2.45, 2.75) is 38.8 Å². The summed E-state index contributed by atoms with van der Waals surface area (Å²) in [7, 11) is 0. The van der Waals surface area contributed by atoms with Crippen LogP contribution in [0.5, 0.6) is 0 Å². The van der Waals surface area contributed by atoms with Gasteiger partial charge in [0, 0.05) is 38.8 Å². The Labute approximate surface area is 213 Å². The largest absolute Gasteiger partial charge is 0.450 e. The molecule has 2 aliphatic heterocycles. The molecule has 2 N–H and O–H groups in total. The number of hydrogen-bond acceptors (Lipinski definition) is 5. The van der Waals surface area contributed by atoms with Crippen LogP contribution in [0.4, 0.5) is 9.18 Å². The van der Waals surface area contributed by atoms with Gasteiger partial charge in [-0.1, -0.05) is 12.1 Å². The number of carbonyl (C=O) groups excluding carboxylic acids is 1. The number of halogens is 2. The lowest BCUT2D eigenvalue weighted by Gasteiger charge is -2.34. The third-order valence-electron chi connectivity index (χ3n) is 5.85. The predicted molar refractivity (Wildman–Crippen MR) is 138 cm³/mol. The van der Waals surface area contributed by atoms with Crippen molar-refractivity contribution in [1.82, 2.24) is 20.4 Å². The van der Waals surface area contributed by atoms with Gasteiger partial charge >= 0.3 is 6.09 Å². The van der Waals surface area contributed by atoms with Crippen LogP contribution >= 0.6 is 24.0 Å². The zero-order valence-electron chi connectivity index (χ0n) is 19.6. The number of rotatable bonds is 7. The fraction of sp³-hybridized carbons (Fsp3) is 0.652. The number of amides is 1. The zero-order valence-corrected chi connectivity index (χ0v) is 21.9. The zero-order chi connectivity index (χ0) is 22.8. The van der Waals surface area contributed by atoms with Crippen molar-refractivity contribution in [1.29, 1.82) is 0 Å². The van der Waals surface area contributed by atoms with Crippen LogP contribution in [-0.2, 0) is 9.47 Å². The summed E-state index contributed by atoms with van der Waals surface area (Å²) in [4.78, 5) is 20.8. The Hall–Kier alpha value is -1.66. The summed E-state index contributed by atoms with van der Waals surface area (Å²) < 4.78 is 24.5. The Morgan fingerprint density at radius 2 is 1.97 bits per heavy atom. The SMILES string of the molecule is CCNC(=NCC(c1cccc(F)c1)N1CCOCC1)NC1CCN(C(=O)OCC)CC1.I. The van der Waals surface area contributed by atoms with E-state index in [4.69, 9.17) is 14.5 Å². The first-order chi connectivity index (χ1) is 15.6. The molecule has 2 saturated heterocycles. The quantitative estimate of drug-likeness (QED) is 0.295. The van der Waals surface area contributed by atoms with Crippen molar-refractivity contribution in [3.05, 3.63) is 35.6 Å². The van der Waals surface area contributed by atoms with Gasteiger partial charge in [-0.3, -0.25) is 9.89 Å². The molecule has 0 bridgehead atoms. The molecule has 2 aliphatic rings. The lowest BCUT2D eigenvalue weighted by atomic mass is 10.0. The number of hydrogen-bond donors (Lipinski definition) is 2. The standard InChI is InChI=1S/C23H36FN5O3.HI/c1-3-25-22(27-20-8-10-29(11-9-20)23(30)32-4-2)26-17-21(28-12-14-31-15-13-28)18-6-5-7-19(24)16-18;/h5-7,16,20-21H,3-4,8-15,17H2,1-2H3,(H2,25,26,27);1H. The van der Waals surface area contributed by atoms with E-state index < -0.39 is 0 Å². The van der Waals surface area contributed by atoms with Gasteiger partial charge in [-0.15, -0.1) is 24.0 Å². The molecule has 10 heteroatoms. The van der Waals surface area contributed by atoms with Gasteiger partial charge in [0.1, 0.15) is 5.82 Å². The van der Waals surface area contributed by atoms with Crippen LogP contribution in [0.2, 0.25) is 0 Å². The molecule has 0 aliphatic carbocycles. The van der Waals surface area contributed by atoms with Gasteiger partial charge in [-0.25, -0.2) is 9.18 Å². The van der Waals surface area contributed by atoms with Crippen LogP contribution in [0.1, 0.15) is 38.3 Å². The lowest BCUT2D eigenvalue weighted by Crippen LogP contribution is -2.50. The normalized spacial score (nSPS) is 18.9. The average molecular weight is 577 g/mol. The maximum atomic E-state index is 13.9. The molecular weight excluding hydrogens is 540 g/mol. The van der Waals surface area contributed by atoms with Gasteiger partial charge in [0.05, 0.1) is 32.4 Å². The van der Waals surface area contributed by atoms with E-state index in [9.17, 15) is 9.18 Å². The molecule has 2 fully saturated rings. The monoisotopic (exact) mass is 577 g/mol. The van der Waals surface area contributed by atoms with E-state index in [0.717, 1.165) is 44.0 Å². The molecule has 1 amide bonds. The molecule has 3 rings (SSSR count). The average Bonchev–Trinajstić information content (AvgIpc) is 2.81. The second-order valence-corrected chi connectivity index (χ2v) is 8.04. The van der Waals surface area contributed by atoms with Crippen LogP contribution in [0.25, 0.3) is 0 Å². The van der Waals surface area contributed by atoms with E-state index in [0.29, 0.717) is 39.5 Å². The summed E-state index contributed by atoms with van der Waals surface area (Å²) in [5.41, 5.74) is 0.925. The van der Waals surface area contributed by atoms with E-state index >= 15 is 0 Å². The van der Waals surface area contributed by atoms with Crippen LogP contribution in [-0.4, -0.2) is 87.0 Å². The molecule has 0 saturated carbocycles. The first-order valence-electron chi connectivity index (χ1n) is 11.6. The smallest absolute Gasteiger partial charge is 0.409 e. The fourth-order valence-corrected chi connectivity index (χ4v) is 4.15. The molecule has 1 aromatic rings. The molecule has 33 heavy (non-hydrogen) atoms. The second kappa shape index (κ2) is 14.6. The molecule has 1 aromatic carbocycles.